The van der Waals surface area contributed by atoms with Crippen LogP contribution in [0.5, 0.6) is 5.75 Å². The number of carbonyl (C=O) groups excluding carboxylic acids is 2. The normalized spacial score (nSPS) is 14.2. The van der Waals surface area contributed by atoms with E-state index in [9.17, 15) is 9.59 Å². The second-order valence-corrected chi connectivity index (χ2v) is 6.07. The highest BCUT2D eigenvalue weighted by Gasteiger charge is 2.29. The molecule has 0 N–H and O–H groups in total. The second kappa shape index (κ2) is 7.47. The molecule has 1 aliphatic heterocycles. The van der Waals surface area contributed by atoms with E-state index in [0.29, 0.717) is 22.8 Å². The van der Waals surface area contributed by atoms with Gasteiger partial charge in [0.2, 0.25) is 5.82 Å². The van der Waals surface area contributed by atoms with Crippen molar-refractivity contribution in [2.75, 3.05) is 18.1 Å². The first-order valence-corrected chi connectivity index (χ1v) is 8.57. The van der Waals surface area contributed by atoms with Crippen LogP contribution in [0.3, 0.4) is 0 Å². The third-order valence-electron chi connectivity index (χ3n) is 4.11. The van der Waals surface area contributed by atoms with Gasteiger partial charge in [0.1, 0.15) is 12.3 Å². The van der Waals surface area contributed by atoms with Gasteiger partial charge in [-0.25, -0.2) is 0 Å². The summed E-state index contributed by atoms with van der Waals surface area (Å²) < 4.78 is 15.9. The van der Waals surface area contributed by atoms with E-state index in [1.54, 1.807) is 55.7 Å². The molecule has 1 aromatic carbocycles. The number of esters is 1. The number of amides is 1. The van der Waals surface area contributed by atoms with Crippen LogP contribution in [0.4, 0.5) is 5.69 Å². The van der Waals surface area contributed by atoms with Crippen LogP contribution in [-0.2, 0) is 14.3 Å². The Morgan fingerprint density at radius 2 is 2.14 bits per heavy atom. The van der Waals surface area contributed by atoms with Crippen molar-refractivity contribution in [1.82, 2.24) is 15.1 Å². The summed E-state index contributed by atoms with van der Waals surface area (Å²) in [5, 5.41) is 3.87. The number of aromatic nitrogens is 3. The van der Waals surface area contributed by atoms with E-state index in [1.165, 1.54) is 4.90 Å². The molecule has 4 rings (SSSR count). The minimum absolute atomic E-state index is 0.127. The highest BCUT2D eigenvalue weighted by Crippen LogP contribution is 2.31. The van der Waals surface area contributed by atoms with Crippen molar-refractivity contribution in [3.63, 3.8) is 0 Å². The number of anilines is 1. The zero-order valence-electron chi connectivity index (χ0n) is 14.9. The summed E-state index contributed by atoms with van der Waals surface area (Å²) in [5.74, 6) is 0.129. The number of nitrogens with zero attached hydrogens (tertiary/aromatic N) is 4. The summed E-state index contributed by atoms with van der Waals surface area (Å²) in [5.41, 5.74) is 1.21. The lowest BCUT2D eigenvalue weighted by Gasteiger charge is -2.28. The maximum Gasteiger partial charge on any atom is 0.326 e. The van der Waals surface area contributed by atoms with Gasteiger partial charge in [0.25, 0.3) is 11.8 Å². The van der Waals surface area contributed by atoms with Crippen molar-refractivity contribution in [3.8, 4) is 17.1 Å². The van der Waals surface area contributed by atoms with Crippen molar-refractivity contribution in [3.05, 3.63) is 54.7 Å². The average Bonchev–Trinajstić information content (AvgIpc) is 3.21. The van der Waals surface area contributed by atoms with E-state index in [0.717, 1.165) is 0 Å². The monoisotopic (exact) mass is 380 g/mol. The van der Waals surface area contributed by atoms with Crippen molar-refractivity contribution in [2.45, 2.75) is 13.0 Å². The first-order valence-electron chi connectivity index (χ1n) is 8.57. The number of para-hydroxylation sites is 2. The van der Waals surface area contributed by atoms with Gasteiger partial charge in [-0.2, -0.15) is 4.98 Å². The Morgan fingerprint density at radius 3 is 2.96 bits per heavy atom. The van der Waals surface area contributed by atoms with Gasteiger partial charge >= 0.3 is 5.97 Å². The molecule has 9 heteroatoms. The summed E-state index contributed by atoms with van der Waals surface area (Å²) in [6, 6.07) is 10.6. The molecule has 1 aliphatic rings. The second-order valence-electron chi connectivity index (χ2n) is 6.07. The third-order valence-corrected chi connectivity index (χ3v) is 4.11. The van der Waals surface area contributed by atoms with Gasteiger partial charge in [-0.1, -0.05) is 17.3 Å². The minimum atomic E-state index is -0.767. The van der Waals surface area contributed by atoms with Gasteiger partial charge in [0.05, 0.1) is 5.69 Å². The number of benzene rings is 1. The Morgan fingerprint density at radius 1 is 1.29 bits per heavy atom. The number of hydrogen-bond donors (Lipinski definition) is 0. The van der Waals surface area contributed by atoms with Crippen molar-refractivity contribution >= 4 is 17.6 Å². The average molecular weight is 380 g/mol. The Balaban J connectivity index is 1.43. The van der Waals surface area contributed by atoms with Crippen LogP contribution >= 0.6 is 0 Å². The lowest BCUT2D eigenvalue weighted by atomic mass is 10.2. The van der Waals surface area contributed by atoms with E-state index in [-0.39, 0.29) is 24.9 Å². The van der Waals surface area contributed by atoms with Gasteiger partial charge in [-0.3, -0.25) is 19.5 Å². The molecule has 0 bridgehead atoms. The molecule has 142 valence electrons. The predicted molar refractivity (Wildman–Crippen MR) is 96.3 cm³/mol. The van der Waals surface area contributed by atoms with Crippen LogP contribution < -0.4 is 9.64 Å². The highest BCUT2D eigenvalue weighted by molar-refractivity contribution is 6.01. The Kier molecular flexibility index (Phi) is 4.71. The molecule has 0 radical (unpaired) electrons. The molecule has 0 spiro atoms. The van der Waals surface area contributed by atoms with Crippen LogP contribution in [-0.4, -0.2) is 40.2 Å². The Hall–Kier alpha value is -3.75. The first-order chi connectivity index (χ1) is 13.6. The fourth-order valence-electron chi connectivity index (χ4n) is 2.75. The van der Waals surface area contributed by atoms with E-state index in [2.05, 4.69) is 15.1 Å². The SMILES string of the molecule is CC(OC(=O)CN1C(=O)COc2ccccc21)c1nc(-c2cccnc2)no1. The molecule has 0 saturated carbocycles. The summed E-state index contributed by atoms with van der Waals surface area (Å²) >= 11 is 0. The van der Waals surface area contributed by atoms with Crippen LogP contribution in [0.25, 0.3) is 11.4 Å². The molecule has 3 aromatic rings. The number of ether oxygens (including phenoxy) is 2. The molecule has 3 heterocycles. The number of hydrogen-bond acceptors (Lipinski definition) is 8. The van der Waals surface area contributed by atoms with Crippen LogP contribution in [0.15, 0.2) is 53.3 Å². The third kappa shape index (κ3) is 3.54. The van der Waals surface area contributed by atoms with E-state index in [1.807, 2.05) is 0 Å². The molecule has 1 atom stereocenters. The largest absolute Gasteiger partial charge is 0.482 e. The number of pyridine rings is 1. The smallest absolute Gasteiger partial charge is 0.326 e. The molecule has 0 fully saturated rings. The molecular weight excluding hydrogens is 364 g/mol. The van der Waals surface area contributed by atoms with Gasteiger partial charge < -0.3 is 14.0 Å². The van der Waals surface area contributed by atoms with E-state index >= 15 is 0 Å². The molecule has 28 heavy (non-hydrogen) atoms. The van der Waals surface area contributed by atoms with Gasteiger partial charge in [0.15, 0.2) is 12.7 Å². The number of rotatable bonds is 5. The topological polar surface area (TPSA) is 108 Å². The summed E-state index contributed by atoms with van der Waals surface area (Å²) in [6.45, 7) is 1.25. The maximum absolute atomic E-state index is 12.4. The minimum Gasteiger partial charge on any atom is -0.482 e. The maximum atomic E-state index is 12.4. The molecule has 0 saturated heterocycles. The Bertz CT molecular complexity index is 1000. The molecule has 1 unspecified atom stereocenters. The number of fused-ring (bicyclic) bond motifs is 1. The van der Waals surface area contributed by atoms with Crippen LogP contribution in [0.1, 0.15) is 18.9 Å². The molecule has 2 aromatic heterocycles. The van der Waals surface area contributed by atoms with E-state index in [4.69, 9.17) is 14.0 Å². The summed E-state index contributed by atoms with van der Waals surface area (Å²) in [6.07, 6.45) is 2.48. The quantitative estimate of drug-likeness (QED) is 0.620. The van der Waals surface area contributed by atoms with E-state index < -0.39 is 12.1 Å². The summed E-state index contributed by atoms with van der Waals surface area (Å²) in [4.78, 5) is 34.1. The Labute approximate surface area is 159 Å². The van der Waals surface area contributed by atoms with Crippen molar-refractivity contribution in [1.29, 1.82) is 0 Å². The van der Waals surface area contributed by atoms with Crippen molar-refractivity contribution in [2.24, 2.45) is 0 Å². The fourth-order valence-corrected chi connectivity index (χ4v) is 2.75. The summed E-state index contributed by atoms with van der Waals surface area (Å²) in [7, 11) is 0. The highest BCUT2D eigenvalue weighted by atomic mass is 16.6. The van der Waals surface area contributed by atoms with Crippen LogP contribution in [0, 0.1) is 0 Å². The molecule has 9 nitrogen and oxygen atoms in total. The van der Waals surface area contributed by atoms with Gasteiger partial charge in [0, 0.05) is 18.0 Å². The number of carbonyl (C=O) groups is 2. The zero-order chi connectivity index (χ0) is 19.5. The van der Waals surface area contributed by atoms with Crippen LogP contribution in [0.2, 0.25) is 0 Å². The predicted octanol–water partition coefficient (Wildman–Crippen LogP) is 2.16. The molecule has 0 aliphatic carbocycles. The molecular formula is C19H16N4O5. The fraction of sp³-hybridized carbons (Fsp3) is 0.211. The lowest BCUT2D eigenvalue weighted by molar-refractivity contribution is -0.149. The first kappa shape index (κ1) is 17.7. The lowest BCUT2D eigenvalue weighted by Crippen LogP contribution is -2.42. The zero-order valence-corrected chi connectivity index (χ0v) is 14.9. The standard InChI is InChI=1S/C19H16N4O5/c1-12(19-21-18(22-28-19)13-5-4-8-20-9-13)27-17(25)10-23-14-6-2-3-7-15(14)26-11-16(23)24/h2-9,12H,10-11H2,1H3. The van der Waals surface area contributed by atoms with Gasteiger partial charge in [-0.05, 0) is 31.2 Å². The van der Waals surface area contributed by atoms with Crippen molar-refractivity contribution < 1.29 is 23.6 Å². The molecule has 1 amide bonds. The van der Waals surface area contributed by atoms with Gasteiger partial charge in [-0.15, -0.1) is 0 Å².